The van der Waals surface area contributed by atoms with Crippen LogP contribution in [0.1, 0.15) is 36.8 Å². The number of unbranched alkanes of at least 4 members (excludes halogenated alkanes) is 1. The molecule has 0 saturated heterocycles. The molecule has 2 aromatic carbocycles. The van der Waals surface area contributed by atoms with E-state index >= 15 is 0 Å². The minimum Gasteiger partial charge on any atom is -0.390 e. The van der Waals surface area contributed by atoms with Crippen LogP contribution in [0.25, 0.3) is 22.5 Å². The molecule has 7 nitrogen and oxygen atoms in total. The quantitative estimate of drug-likeness (QED) is 0.316. The van der Waals surface area contributed by atoms with Crippen LogP contribution in [0, 0.1) is 0 Å². The summed E-state index contributed by atoms with van der Waals surface area (Å²) in [5.41, 5.74) is 4.89. The van der Waals surface area contributed by atoms with Gasteiger partial charge in [-0.2, -0.15) is 2.90 Å². The number of halogens is 2. The van der Waals surface area contributed by atoms with Crippen molar-refractivity contribution in [1.29, 1.82) is 0 Å². The molecule has 31 heavy (non-hydrogen) atoms. The van der Waals surface area contributed by atoms with E-state index in [4.69, 9.17) is 11.6 Å². The van der Waals surface area contributed by atoms with Crippen molar-refractivity contribution < 1.29 is 5.11 Å². The second kappa shape index (κ2) is 9.88. The summed E-state index contributed by atoms with van der Waals surface area (Å²) >= 11 is 8.34. The first-order valence-corrected chi connectivity index (χ1v) is 11.4. The van der Waals surface area contributed by atoms with Crippen LogP contribution in [0.4, 0.5) is 0 Å². The Bertz CT molecular complexity index is 1170. The Hall–Kier alpha value is -2.30. The second-order valence-electron chi connectivity index (χ2n) is 7.22. The maximum Gasteiger partial charge on any atom is 0.192 e. The monoisotopic (exact) mass is 548 g/mol. The second-order valence-corrected chi connectivity index (χ2v) is 8.49. The molecule has 0 saturated carbocycles. The maximum absolute atomic E-state index is 9.79. The van der Waals surface area contributed by atoms with Gasteiger partial charge in [0.2, 0.25) is 0 Å². The number of nitrogens with zero attached hydrogens (tertiary/aromatic N) is 6. The summed E-state index contributed by atoms with van der Waals surface area (Å²) in [6, 6.07) is 16.5. The fourth-order valence-electron chi connectivity index (χ4n) is 3.60. The van der Waals surface area contributed by atoms with E-state index < -0.39 is 0 Å². The molecular weight excluding hydrogens is 527 g/mol. The average Bonchev–Trinajstić information content (AvgIpc) is 3.35. The van der Waals surface area contributed by atoms with Gasteiger partial charge in [-0.05, 0) is 33.5 Å². The summed E-state index contributed by atoms with van der Waals surface area (Å²) in [5.74, 6) is 1.63. The molecule has 0 aliphatic carbocycles. The van der Waals surface area contributed by atoms with Gasteiger partial charge in [0, 0.05) is 18.5 Å². The topological polar surface area (TPSA) is 81.7 Å². The SMILES string of the molecule is CCCCc1nc(Cl)c(CO)n1Cc1ccc(-c2ccccc2-c2nnnn2I)cc1. The van der Waals surface area contributed by atoms with E-state index in [1.54, 1.807) is 2.90 Å². The summed E-state index contributed by atoms with van der Waals surface area (Å²) in [7, 11) is 0. The Morgan fingerprint density at radius 2 is 1.81 bits per heavy atom. The smallest absolute Gasteiger partial charge is 0.192 e. The first-order chi connectivity index (χ1) is 15.1. The highest BCUT2D eigenvalue weighted by atomic mass is 127. The van der Waals surface area contributed by atoms with Crippen molar-refractivity contribution in [3.8, 4) is 22.5 Å². The van der Waals surface area contributed by atoms with Gasteiger partial charge in [-0.15, -0.1) is 5.10 Å². The Labute approximate surface area is 199 Å². The lowest BCUT2D eigenvalue weighted by molar-refractivity contribution is 0.271. The lowest BCUT2D eigenvalue weighted by Gasteiger charge is -2.12. The van der Waals surface area contributed by atoms with Gasteiger partial charge < -0.3 is 9.67 Å². The molecule has 0 aliphatic heterocycles. The lowest BCUT2D eigenvalue weighted by Crippen LogP contribution is -2.09. The first kappa shape index (κ1) is 21.9. The molecule has 2 aromatic heterocycles. The van der Waals surface area contributed by atoms with E-state index in [1.165, 1.54) is 0 Å². The van der Waals surface area contributed by atoms with Crippen molar-refractivity contribution in [2.45, 2.75) is 39.3 Å². The zero-order chi connectivity index (χ0) is 21.8. The Morgan fingerprint density at radius 1 is 1.06 bits per heavy atom. The maximum atomic E-state index is 9.79. The zero-order valence-electron chi connectivity index (χ0n) is 17.0. The predicted octanol–water partition coefficient (Wildman–Crippen LogP) is 4.94. The van der Waals surface area contributed by atoms with Crippen molar-refractivity contribution >= 4 is 34.5 Å². The molecule has 4 aromatic rings. The number of aliphatic hydroxyl groups excluding tert-OH is 1. The number of aryl methyl sites for hydroxylation is 1. The van der Waals surface area contributed by atoms with Crippen LogP contribution in [-0.2, 0) is 19.6 Å². The molecule has 0 atom stereocenters. The summed E-state index contributed by atoms with van der Waals surface area (Å²) < 4.78 is 3.67. The predicted molar refractivity (Wildman–Crippen MR) is 129 cm³/mol. The van der Waals surface area contributed by atoms with Gasteiger partial charge in [-0.1, -0.05) is 73.5 Å². The van der Waals surface area contributed by atoms with Gasteiger partial charge >= 0.3 is 0 Å². The standard InChI is InChI=1S/C22H22ClIN6O/c1-2-3-8-20-25-21(23)19(14-31)29(20)13-15-9-11-16(12-10-15)17-6-4-5-7-18(17)22-26-27-28-30(22)24/h4-7,9-12,31H,2-3,8,13-14H2,1H3. The van der Waals surface area contributed by atoms with Crippen LogP contribution in [-0.4, -0.2) is 33.1 Å². The van der Waals surface area contributed by atoms with E-state index in [-0.39, 0.29) is 6.61 Å². The molecule has 0 unspecified atom stereocenters. The number of benzene rings is 2. The van der Waals surface area contributed by atoms with E-state index in [0.717, 1.165) is 47.3 Å². The van der Waals surface area contributed by atoms with Crippen molar-refractivity contribution in [1.82, 2.24) is 28.0 Å². The summed E-state index contributed by atoms with van der Waals surface area (Å²) in [4.78, 5) is 4.48. The van der Waals surface area contributed by atoms with Crippen LogP contribution >= 0.6 is 34.5 Å². The van der Waals surface area contributed by atoms with E-state index in [1.807, 2.05) is 22.8 Å². The van der Waals surface area contributed by atoms with Gasteiger partial charge in [-0.3, -0.25) is 0 Å². The molecule has 4 rings (SSSR count). The highest BCUT2D eigenvalue weighted by Crippen LogP contribution is 2.31. The van der Waals surface area contributed by atoms with Crippen LogP contribution in [0.15, 0.2) is 48.5 Å². The third-order valence-corrected chi connectivity index (χ3v) is 6.17. The van der Waals surface area contributed by atoms with E-state index in [2.05, 4.69) is 80.6 Å². The van der Waals surface area contributed by atoms with Crippen molar-refractivity contribution in [2.24, 2.45) is 0 Å². The number of hydrogen-bond acceptors (Lipinski definition) is 5. The van der Waals surface area contributed by atoms with E-state index in [0.29, 0.717) is 23.2 Å². The van der Waals surface area contributed by atoms with Gasteiger partial charge in [0.05, 0.1) is 35.2 Å². The van der Waals surface area contributed by atoms with Crippen molar-refractivity contribution in [3.63, 3.8) is 0 Å². The zero-order valence-corrected chi connectivity index (χ0v) is 20.0. The number of rotatable bonds is 8. The Morgan fingerprint density at radius 3 is 2.45 bits per heavy atom. The van der Waals surface area contributed by atoms with Crippen molar-refractivity contribution in [3.05, 3.63) is 70.8 Å². The van der Waals surface area contributed by atoms with Crippen LogP contribution in [0.5, 0.6) is 0 Å². The Balaban J connectivity index is 1.64. The van der Waals surface area contributed by atoms with Gasteiger partial charge in [0.1, 0.15) is 5.82 Å². The fraction of sp³-hybridized carbons (Fsp3) is 0.273. The van der Waals surface area contributed by atoms with Crippen LogP contribution in [0.2, 0.25) is 5.15 Å². The molecule has 9 heteroatoms. The Kier molecular flexibility index (Phi) is 6.99. The average molecular weight is 549 g/mol. The van der Waals surface area contributed by atoms with Gasteiger partial charge in [0.15, 0.2) is 11.0 Å². The third-order valence-electron chi connectivity index (χ3n) is 5.21. The van der Waals surface area contributed by atoms with Gasteiger partial charge in [0.25, 0.3) is 0 Å². The van der Waals surface area contributed by atoms with E-state index in [9.17, 15) is 5.11 Å². The number of tetrazole rings is 1. The molecule has 0 radical (unpaired) electrons. The minimum absolute atomic E-state index is 0.131. The van der Waals surface area contributed by atoms with Crippen LogP contribution < -0.4 is 0 Å². The van der Waals surface area contributed by atoms with Crippen molar-refractivity contribution in [2.75, 3.05) is 0 Å². The molecule has 1 N–H and O–H groups in total. The molecule has 0 fully saturated rings. The van der Waals surface area contributed by atoms with Crippen LogP contribution in [0.3, 0.4) is 0 Å². The summed E-state index contributed by atoms with van der Waals surface area (Å²) in [5, 5.41) is 22.0. The highest BCUT2D eigenvalue weighted by Gasteiger charge is 2.16. The first-order valence-electron chi connectivity index (χ1n) is 10.1. The summed E-state index contributed by atoms with van der Waals surface area (Å²) in [6.07, 6.45) is 2.95. The molecule has 160 valence electrons. The minimum atomic E-state index is -0.131. The molecule has 0 bridgehead atoms. The molecule has 2 heterocycles. The fourth-order valence-corrected chi connectivity index (χ4v) is 4.30. The number of hydrogen-bond donors (Lipinski definition) is 1. The molecule has 0 aliphatic rings. The lowest BCUT2D eigenvalue weighted by atomic mass is 9.98. The highest BCUT2D eigenvalue weighted by molar-refractivity contribution is 14.1. The number of imidazole rings is 1. The third kappa shape index (κ3) is 4.65. The largest absolute Gasteiger partial charge is 0.390 e. The molecule has 0 spiro atoms. The normalized spacial score (nSPS) is 11.2. The molecular formula is C22H22ClIN6O. The number of aliphatic hydroxyl groups is 1. The molecule has 0 amide bonds. The summed E-state index contributed by atoms with van der Waals surface area (Å²) in [6.45, 7) is 2.63. The van der Waals surface area contributed by atoms with Gasteiger partial charge in [-0.25, -0.2) is 4.98 Å². The number of aromatic nitrogens is 6.